The zero-order chi connectivity index (χ0) is 17.4. The van der Waals surface area contributed by atoms with Crippen molar-refractivity contribution < 1.29 is 19.0 Å². The largest absolute Gasteiger partial charge is 0.497 e. The maximum absolute atomic E-state index is 12.0. The quantitative estimate of drug-likeness (QED) is 0.817. The van der Waals surface area contributed by atoms with Crippen molar-refractivity contribution in [3.05, 3.63) is 48.5 Å². The summed E-state index contributed by atoms with van der Waals surface area (Å²) < 4.78 is 15.9. The van der Waals surface area contributed by atoms with Gasteiger partial charge in [0.1, 0.15) is 23.9 Å². The number of rotatable bonds is 7. The van der Waals surface area contributed by atoms with Gasteiger partial charge < -0.3 is 24.8 Å². The van der Waals surface area contributed by atoms with Gasteiger partial charge in [0.05, 0.1) is 25.9 Å². The van der Waals surface area contributed by atoms with Crippen molar-refractivity contribution in [2.24, 2.45) is 0 Å². The summed E-state index contributed by atoms with van der Waals surface area (Å²) in [4.78, 5) is 12.0. The number of amides is 2. The van der Waals surface area contributed by atoms with Crippen LogP contribution in [0, 0.1) is 0 Å². The molecule has 0 aliphatic carbocycles. The molecule has 6 heteroatoms. The fourth-order valence-corrected chi connectivity index (χ4v) is 2.06. The van der Waals surface area contributed by atoms with Crippen LogP contribution >= 0.6 is 0 Å². The highest BCUT2D eigenvalue weighted by Gasteiger charge is 2.10. The first-order valence-corrected chi connectivity index (χ1v) is 7.59. The first-order valence-electron chi connectivity index (χ1n) is 7.59. The summed E-state index contributed by atoms with van der Waals surface area (Å²) in [5.41, 5.74) is 0.612. The molecule has 2 rings (SSSR count). The molecular weight excluding hydrogens is 308 g/mol. The molecule has 2 aromatic rings. The molecule has 0 saturated heterocycles. The molecule has 0 unspecified atom stereocenters. The van der Waals surface area contributed by atoms with Crippen LogP contribution in [-0.4, -0.2) is 32.9 Å². The van der Waals surface area contributed by atoms with Gasteiger partial charge in [0.25, 0.3) is 0 Å². The van der Waals surface area contributed by atoms with Gasteiger partial charge in [-0.15, -0.1) is 0 Å². The van der Waals surface area contributed by atoms with E-state index in [1.54, 1.807) is 26.4 Å². The molecule has 24 heavy (non-hydrogen) atoms. The summed E-state index contributed by atoms with van der Waals surface area (Å²) in [5.74, 6) is 2.09. The molecule has 0 aliphatic heterocycles. The first-order chi connectivity index (χ1) is 11.6. The van der Waals surface area contributed by atoms with Gasteiger partial charge in [-0.1, -0.05) is 12.1 Å². The number of urea groups is 1. The van der Waals surface area contributed by atoms with Crippen molar-refractivity contribution in [3.63, 3.8) is 0 Å². The molecule has 2 aromatic carbocycles. The summed E-state index contributed by atoms with van der Waals surface area (Å²) in [6.45, 7) is 2.22. The average Bonchev–Trinajstić information content (AvgIpc) is 2.60. The van der Waals surface area contributed by atoms with Gasteiger partial charge >= 0.3 is 6.03 Å². The normalized spacial score (nSPS) is 11.3. The van der Waals surface area contributed by atoms with Crippen LogP contribution in [-0.2, 0) is 0 Å². The van der Waals surface area contributed by atoms with Gasteiger partial charge in [0.15, 0.2) is 0 Å². The Kier molecular flexibility index (Phi) is 6.31. The Bertz CT molecular complexity index is 658. The van der Waals surface area contributed by atoms with Gasteiger partial charge in [0.2, 0.25) is 0 Å². The zero-order valence-corrected chi connectivity index (χ0v) is 14.0. The molecule has 2 amide bonds. The van der Waals surface area contributed by atoms with Gasteiger partial charge in [0, 0.05) is 0 Å². The smallest absolute Gasteiger partial charge is 0.319 e. The molecule has 0 fully saturated rings. The van der Waals surface area contributed by atoms with E-state index in [1.807, 2.05) is 43.3 Å². The number of hydrogen-bond acceptors (Lipinski definition) is 4. The number of carbonyl (C=O) groups is 1. The Morgan fingerprint density at radius 2 is 1.67 bits per heavy atom. The van der Waals surface area contributed by atoms with Crippen molar-refractivity contribution >= 4 is 11.7 Å². The summed E-state index contributed by atoms with van der Waals surface area (Å²) in [6.07, 6.45) is 0. The summed E-state index contributed by atoms with van der Waals surface area (Å²) in [5, 5.41) is 5.58. The van der Waals surface area contributed by atoms with Crippen LogP contribution < -0.4 is 24.8 Å². The highest BCUT2D eigenvalue weighted by Crippen LogP contribution is 2.22. The van der Waals surface area contributed by atoms with E-state index in [0.29, 0.717) is 18.0 Å². The van der Waals surface area contributed by atoms with Gasteiger partial charge in [-0.2, -0.15) is 0 Å². The van der Waals surface area contributed by atoms with Gasteiger partial charge in [-0.25, -0.2) is 4.79 Å². The Hall–Kier alpha value is -2.89. The monoisotopic (exact) mass is 330 g/mol. The highest BCUT2D eigenvalue weighted by molar-refractivity contribution is 5.91. The summed E-state index contributed by atoms with van der Waals surface area (Å²) >= 11 is 0. The minimum absolute atomic E-state index is 0.165. The molecule has 2 N–H and O–H groups in total. The van der Waals surface area contributed by atoms with Gasteiger partial charge in [-0.3, -0.25) is 0 Å². The van der Waals surface area contributed by atoms with Gasteiger partial charge in [-0.05, 0) is 43.3 Å². The third-order valence-corrected chi connectivity index (χ3v) is 3.29. The van der Waals surface area contributed by atoms with E-state index >= 15 is 0 Å². The minimum Gasteiger partial charge on any atom is -0.497 e. The molecule has 1 atom stereocenters. The standard InChI is InChI=1S/C18H22N2O4/c1-13(12-24-15-10-8-14(22-2)9-11-15)19-18(21)20-16-6-4-5-7-17(16)23-3/h4-11,13H,12H2,1-3H3,(H2,19,20,21)/t13-/m1/s1. The number of hydrogen-bond donors (Lipinski definition) is 2. The molecule has 0 radical (unpaired) electrons. The fraction of sp³-hybridized carbons (Fsp3) is 0.278. The van der Waals surface area contributed by atoms with Crippen molar-refractivity contribution in [2.45, 2.75) is 13.0 Å². The number of carbonyl (C=O) groups excluding carboxylic acids is 1. The van der Waals surface area contributed by atoms with E-state index in [0.717, 1.165) is 11.5 Å². The highest BCUT2D eigenvalue weighted by atomic mass is 16.5. The van der Waals surface area contributed by atoms with Crippen LogP contribution in [0.25, 0.3) is 0 Å². The Morgan fingerprint density at radius 3 is 2.33 bits per heavy atom. The second kappa shape index (κ2) is 8.67. The van der Waals surface area contributed by atoms with Crippen molar-refractivity contribution in [1.82, 2.24) is 5.32 Å². The van der Waals surface area contributed by atoms with Crippen LogP contribution in [0.4, 0.5) is 10.5 Å². The Balaban J connectivity index is 1.80. The molecular formula is C18H22N2O4. The fourth-order valence-electron chi connectivity index (χ4n) is 2.06. The Morgan fingerprint density at radius 1 is 1.00 bits per heavy atom. The predicted octanol–water partition coefficient (Wildman–Crippen LogP) is 3.29. The molecule has 0 spiro atoms. The molecule has 6 nitrogen and oxygen atoms in total. The maximum atomic E-state index is 12.0. The number of methoxy groups -OCH3 is 2. The molecule has 0 aliphatic rings. The topological polar surface area (TPSA) is 68.8 Å². The van der Waals surface area contributed by atoms with Crippen LogP contribution in [0.15, 0.2) is 48.5 Å². The zero-order valence-electron chi connectivity index (χ0n) is 14.0. The van der Waals surface area contributed by atoms with Crippen molar-refractivity contribution in [1.29, 1.82) is 0 Å². The summed E-state index contributed by atoms with van der Waals surface area (Å²) in [6, 6.07) is 14.0. The van der Waals surface area contributed by atoms with E-state index in [1.165, 1.54) is 0 Å². The SMILES string of the molecule is COc1ccc(OC[C@@H](C)NC(=O)Nc2ccccc2OC)cc1. The number of anilines is 1. The first kappa shape index (κ1) is 17.5. The minimum atomic E-state index is -0.315. The average molecular weight is 330 g/mol. The summed E-state index contributed by atoms with van der Waals surface area (Å²) in [7, 11) is 3.17. The number of nitrogens with one attached hydrogen (secondary N) is 2. The number of para-hydroxylation sites is 2. The second-order valence-corrected chi connectivity index (χ2v) is 5.19. The predicted molar refractivity (Wildman–Crippen MR) is 93.1 cm³/mol. The third kappa shape index (κ3) is 5.08. The van der Waals surface area contributed by atoms with E-state index < -0.39 is 0 Å². The Labute approximate surface area is 141 Å². The molecule has 0 bridgehead atoms. The lowest BCUT2D eigenvalue weighted by Crippen LogP contribution is -2.39. The molecule has 0 heterocycles. The number of benzene rings is 2. The van der Waals surface area contributed by atoms with E-state index in [-0.39, 0.29) is 12.1 Å². The lowest BCUT2D eigenvalue weighted by molar-refractivity contribution is 0.236. The maximum Gasteiger partial charge on any atom is 0.319 e. The molecule has 0 saturated carbocycles. The van der Waals surface area contributed by atoms with Crippen LogP contribution in [0.2, 0.25) is 0 Å². The van der Waals surface area contributed by atoms with E-state index in [9.17, 15) is 4.79 Å². The lowest BCUT2D eigenvalue weighted by Gasteiger charge is -2.16. The third-order valence-electron chi connectivity index (χ3n) is 3.29. The van der Waals surface area contributed by atoms with Crippen LogP contribution in [0.3, 0.4) is 0 Å². The van der Waals surface area contributed by atoms with E-state index in [2.05, 4.69) is 10.6 Å². The van der Waals surface area contributed by atoms with Crippen LogP contribution in [0.1, 0.15) is 6.92 Å². The van der Waals surface area contributed by atoms with Crippen LogP contribution in [0.5, 0.6) is 17.2 Å². The van der Waals surface area contributed by atoms with Crippen molar-refractivity contribution in [2.75, 3.05) is 26.1 Å². The van der Waals surface area contributed by atoms with Crippen molar-refractivity contribution in [3.8, 4) is 17.2 Å². The molecule has 0 aromatic heterocycles. The molecule has 128 valence electrons. The lowest BCUT2D eigenvalue weighted by atomic mass is 10.3. The van der Waals surface area contributed by atoms with E-state index in [4.69, 9.17) is 14.2 Å². The number of ether oxygens (including phenoxy) is 3. The second-order valence-electron chi connectivity index (χ2n) is 5.19.